The van der Waals surface area contributed by atoms with Gasteiger partial charge in [-0.2, -0.15) is 5.10 Å². The summed E-state index contributed by atoms with van der Waals surface area (Å²) in [6.45, 7) is 12.5. The molecule has 0 atom stereocenters. The summed E-state index contributed by atoms with van der Waals surface area (Å²) < 4.78 is 0. The van der Waals surface area contributed by atoms with Crippen molar-refractivity contribution >= 4 is 22.7 Å². The number of nitrogens with one attached hydrogen (secondary N) is 4. The largest absolute Gasteiger partial charge is 0.353 e. The second kappa shape index (κ2) is 12.0. The predicted octanol–water partition coefficient (Wildman–Crippen LogP) is 2.72. The van der Waals surface area contributed by atoms with Gasteiger partial charge in [0.05, 0.1) is 18.3 Å². The molecule has 1 aliphatic heterocycles. The lowest BCUT2D eigenvalue weighted by Gasteiger charge is -2.34. The number of hydrogen-bond acceptors (Lipinski definition) is 7. The van der Waals surface area contributed by atoms with E-state index in [2.05, 4.69) is 66.7 Å². The van der Waals surface area contributed by atoms with Crippen molar-refractivity contribution in [2.75, 3.05) is 39.3 Å². The molecule has 11 nitrogen and oxygen atoms in total. The van der Waals surface area contributed by atoms with Gasteiger partial charge in [0.25, 0.3) is 5.91 Å². The number of fused-ring (bicyclic) bond motifs is 1. The van der Waals surface area contributed by atoms with E-state index in [1.54, 1.807) is 11.1 Å². The lowest BCUT2D eigenvalue weighted by Crippen LogP contribution is -2.51. The maximum atomic E-state index is 13.2. The highest BCUT2D eigenvalue weighted by atomic mass is 16.2. The first-order chi connectivity index (χ1) is 19.3. The van der Waals surface area contributed by atoms with Crippen LogP contribution >= 0.6 is 0 Å². The Bertz CT molecular complexity index is 1500. The number of pyridine rings is 1. The highest BCUT2D eigenvalue weighted by Crippen LogP contribution is 2.31. The third-order valence-corrected chi connectivity index (χ3v) is 7.27. The summed E-state index contributed by atoms with van der Waals surface area (Å²) >= 11 is 0. The zero-order valence-electron chi connectivity index (χ0n) is 23.5. The molecule has 0 aliphatic carbocycles. The van der Waals surface area contributed by atoms with E-state index in [9.17, 15) is 9.59 Å². The molecule has 1 fully saturated rings. The first-order valence-corrected chi connectivity index (χ1v) is 13.8. The van der Waals surface area contributed by atoms with E-state index in [1.807, 2.05) is 32.3 Å². The minimum atomic E-state index is -0.107. The lowest BCUT2D eigenvalue weighted by molar-refractivity contribution is -0.123. The molecular weight excluding hydrogens is 506 g/mol. The Kier molecular flexibility index (Phi) is 8.22. The number of nitrogens with zero attached hydrogens (tertiary/aromatic N) is 5. The first kappa shape index (κ1) is 27.5. The number of aromatic nitrogens is 5. The summed E-state index contributed by atoms with van der Waals surface area (Å²) in [7, 11) is 0. The van der Waals surface area contributed by atoms with E-state index in [0.29, 0.717) is 49.9 Å². The highest BCUT2D eigenvalue weighted by molar-refractivity contribution is 5.96. The molecule has 11 heteroatoms. The van der Waals surface area contributed by atoms with Crippen molar-refractivity contribution in [3.05, 3.63) is 53.6 Å². The van der Waals surface area contributed by atoms with Crippen LogP contribution in [0.15, 0.2) is 36.8 Å². The number of imidazole rings is 1. The molecule has 3 aromatic heterocycles. The Morgan fingerprint density at radius 3 is 2.65 bits per heavy atom. The molecule has 1 aromatic carbocycles. The summed E-state index contributed by atoms with van der Waals surface area (Å²) in [5, 5.41) is 14.8. The van der Waals surface area contributed by atoms with Crippen molar-refractivity contribution < 1.29 is 9.59 Å². The summed E-state index contributed by atoms with van der Waals surface area (Å²) in [6, 6.07) is 6.28. The van der Waals surface area contributed by atoms with Gasteiger partial charge in [0.2, 0.25) is 5.91 Å². The van der Waals surface area contributed by atoms with Crippen molar-refractivity contribution in [3.63, 3.8) is 0 Å². The van der Waals surface area contributed by atoms with Crippen molar-refractivity contribution in [2.45, 2.75) is 40.3 Å². The number of piperazine rings is 1. The van der Waals surface area contributed by atoms with Crippen molar-refractivity contribution in [1.29, 1.82) is 0 Å². The summed E-state index contributed by atoms with van der Waals surface area (Å²) in [5.41, 5.74) is 6.43. The smallest absolute Gasteiger partial charge is 0.272 e. The molecule has 1 saturated heterocycles. The van der Waals surface area contributed by atoms with Gasteiger partial charge in [-0.25, -0.2) is 4.98 Å². The summed E-state index contributed by atoms with van der Waals surface area (Å²) in [5.74, 6) is 0.436. The SMILES string of the molecule is CCNCc1cncc(-c2ccc3[nH]nc(-c4ncc(C(=O)N5CCN(CC(=O)NC(C)C)CC5)[nH]4)c3c2)c1C. The zero-order valence-corrected chi connectivity index (χ0v) is 23.5. The van der Waals surface area contributed by atoms with Gasteiger partial charge in [-0.3, -0.25) is 24.6 Å². The van der Waals surface area contributed by atoms with E-state index < -0.39 is 0 Å². The number of rotatable bonds is 9. The molecule has 0 saturated carbocycles. The van der Waals surface area contributed by atoms with Crippen LogP contribution in [0.2, 0.25) is 0 Å². The molecule has 210 valence electrons. The fraction of sp³-hybridized carbons (Fsp3) is 0.414. The fourth-order valence-corrected chi connectivity index (χ4v) is 5.06. The minimum Gasteiger partial charge on any atom is -0.353 e. The Labute approximate surface area is 233 Å². The van der Waals surface area contributed by atoms with Gasteiger partial charge in [0.1, 0.15) is 11.4 Å². The first-order valence-electron chi connectivity index (χ1n) is 13.8. The van der Waals surface area contributed by atoms with Gasteiger partial charge in [0.15, 0.2) is 5.82 Å². The average molecular weight is 544 g/mol. The van der Waals surface area contributed by atoms with Crippen molar-refractivity contribution in [2.24, 2.45) is 0 Å². The fourth-order valence-electron chi connectivity index (χ4n) is 5.06. The molecular formula is C29H37N9O2. The van der Waals surface area contributed by atoms with Crippen LogP contribution in [0.3, 0.4) is 0 Å². The van der Waals surface area contributed by atoms with Crippen molar-refractivity contribution in [3.8, 4) is 22.6 Å². The molecule has 0 radical (unpaired) electrons. The van der Waals surface area contributed by atoms with Crippen LogP contribution in [0.4, 0.5) is 0 Å². The molecule has 0 spiro atoms. The Hall–Kier alpha value is -4.09. The van der Waals surface area contributed by atoms with Crippen LogP contribution in [-0.4, -0.2) is 92.1 Å². The van der Waals surface area contributed by atoms with Crippen LogP contribution in [0.1, 0.15) is 42.4 Å². The summed E-state index contributed by atoms with van der Waals surface area (Å²) in [6.07, 6.45) is 5.38. The topological polar surface area (TPSA) is 135 Å². The Morgan fingerprint density at radius 2 is 1.90 bits per heavy atom. The molecule has 5 rings (SSSR count). The number of carbonyl (C=O) groups is 2. The quantitative estimate of drug-likeness (QED) is 0.255. The van der Waals surface area contributed by atoms with Gasteiger partial charge in [-0.05, 0) is 56.1 Å². The number of amides is 2. The molecule has 0 bridgehead atoms. The average Bonchev–Trinajstić information content (AvgIpc) is 3.59. The monoisotopic (exact) mass is 543 g/mol. The van der Waals surface area contributed by atoms with E-state index in [-0.39, 0.29) is 17.9 Å². The van der Waals surface area contributed by atoms with Crippen LogP contribution < -0.4 is 10.6 Å². The van der Waals surface area contributed by atoms with Gasteiger partial charge in [-0.1, -0.05) is 13.0 Å². The number of aromatic amines is 2. The zero-order chi connectivity index (χ0) is 28.2. The third-order valence-electron chi connectivity index (χ3n) is 7.27. The number of H-pyrrole nitrogens is 2. The maximum absolute atomic E-state index is 13.2. The minimum absolute atomic E-state index is 0.00926. The molecule has 1 aliphatic rings. The number of hydrogen-bond donors (Lipinski definition) is 4. The normalized spacial score (nSPS) is 14.3. The van der Waals surface area contributed by atoms with Crippen LogP contribution in [-0.2, 0) is 11.3 Å². The number of carbonyl (C=O) groups excluding carboxylic acids is 2. The third kappa shape index (κ3) is 5.90. The highest BCUT2D eigenvalue weighted by Gasteiger charge is 2.25. The Morgan fingerprint density at radius 1 is 1.10 bits per heavy atom. The summed E-state index contributed by atoms with van der Waals surface area (Å²) in [4.78, 5) is 41.3. The number of benzene rings is 1. The van der Waals surface area contributed by atoms with Gasteiger partial charge >= 0.3 is 0 Å². The Balaban J connectivity index is 1.31. The van der Waals surface area contributed by atoms with Crippen LogP contribution in [0.5, 0.6) is 0 Å². The molecule has 4 heterocycles. The van der Waals surface area contributed by atoms with Crippen molar-refractivity contribution in [1.82, 2.24) is 45.6 Å². The predicted molar refractivity (Wildman–Crippen MR) is 155 cm³/mol. The van der Waals surface area contributed by atoms with E-state index in [0.717, 1.165) is 35.1 Å². The van der Waals surface area contributed by atoms with E-state index in [4.69, 9.17) is 0 Å². The molecule has 40 heavy (non-hydrogen) atoms. The molecule has 0 unspecified atom stereocenters. The molecule has 4 N–H and O–H groups in total. The maximum Gasteiger partial charge on any atom is 0.272 e. The van der Waals surface area contributed by atoms with Crippen LogP contribution in [0, 0.1) is 6.92 Å². The van der Waals surface area contributed by atoms with Gasteiger partial charge in [-0.15, -0.1) is 0 Å². The van der Waals surface area contributed by atoms with Crippen LogP contribution in [0.25, 0.3) is 33.5 Å². The van der Waals surface area contributed by atoms with E-state index >= 15 is 0 Å². The lowest BCUT2D eigenvalue weighted by atomic mass is 9.98. The van der Waals surface area contributed by atoms with E-state index in [1.165, 1.54) is 11.1 Å². The van der Waals surface area contributed by atoms with Gasteiger partial charge in [0, 0.05) is 62.1 Å². The van der Waals surface area contributed by atoms with Gasteiger partial charge < -0.3 is 20.5 Å². The molecule has 2 amide bonds. The second-order valence-electron chi connectivity index (χ2n) is 10.5. The molecule has 4 aromatic rings. The second-order valence-corrected chi connectivity index (χ2v) is 10.5. The standard InChI is InChI=1S/C29H37N9O2/c1-5-30-13-21-14-31-15-23(19(21)4)20-6-7-24-22(12-20)27(36-35-24)28-32-16-25(34-28)29(40)38-10-8-37(9-11-38)17-26(39)33-18(2)3/h6-7,12,14-16,18,30H,5,8-11,13,17H2,1-4H3,(H,32,34)(H,33,39)(H,35,36).